The number of aliphatic imine (C=N–C) groups is 1. The Morgan fingerprint density at radius 2 is 1.69 bits per heavy atom. The molecule has 2 fully saturated rings. The van der Waals surface area contributed by atoms with Crippen molar-refractivity contribution >= 4 is 47.4 Å². The lowest BCUT2D eigenvalue weighted by atomic mass is 9.85. The zero-order chi connectivity index (χ0) is 22.0. The fraction of sp³-hybridized carbons (Fsp3) is 0.542. The Morgan fingerprint density at radius 3 is 2.25 bits per heavy atom. The van der Waals surface area contributed by atoms with Crippen molar-refractivity contribution in [1.82, 2.24) is 15.5 Å². The van der Waals surface area contributed by atoms with Gasteiger partial charge in [-0.05, 0) is 49.3 Å². The van der Waals surface area contributed by atoms with Gasteiger partial charge in [0.25, 0.3) is 0 Å². The number of carbonyl (C=O) groups excluding carboxylic acids is 2. The quantitative estimate of drug-likeness (QED) is 0.171. The van der Waals surface area contributed by atoms with Gasteiger partial charge < -0.3 is 15.5 Å². The molecule has 4 atom stereocenters. The van der Waals surface area contributed by atoms with Crippen LogP contribution in [0.3, 0.4) is 0 Å². The molecular weight excluding hydrogens is 517 g/mol. The van der Waals surface area contributed by atoms with Crippen LogP contribution in [0.2, 0.25) is 0 Å². The summed E-state index contributed by atoms with van der Waals surface area (Å²) in [4.78, 5) is 33.7. The van der Waals surface area contributed by atoms with E-state index in [2.05, 4.69) is 56.9 Å². The van der Waals surface area contributed by atoms with Crippen LogP contribution in [0.25, 0.3) is 0 Å². The number of halogens is 1. The highest BCUT2D eigenvalue weighted by Crippen LogP contribution is 2.52. The number of benzene rings is 1. The van der Waals surface area contributed by atoms with Crippen molar-refractivity contribution in [3.8, 4) is 0 Å². The molecule has 8 heteroatoms. The minimum atomic E-state index is -0.122. The molecule has 1 aliphatic heterocycles. The maximum absolute atomic E-state index is 12.8. The van der Waals surface area contributed by atoms with Crippen LogP contribution in [0.15, 0.2) is 41.4 Å². The minimum Gasteiger partial charge on any atom is -0.378 e. The number of fused-ring (bicyclic) bond motifs is 5. The number of carbonyl (C=O) groups is 2. The van der Waals surface area contributed by atoms with Crippen LogP contribution < -0.4 is 15.5 Å². The first kappa shape index (κ1) is 24.5. The van der Waals surface area contributed by atoms with E-state index in [4.69, 9.17) is 0 Å². The summed E-state index contributed by atoms with van der Waals surface area (Å²) in [7, 11) is 4.06. The third-order valence-corrected chi connectivity index (χ3v) is 6.66. The van der Waals surface area contributed by atoms with Crippen LogP contribution in [0.1, 0.15) is 18.9 Å². The molecule has 2 aliphatic carbocycles. The first-order valence-corrected chi connectivity index (χ1v) is 11.3. The predicted molar refractivity (Wildman–Crippen MR) is 138 cm³/mol. The summed E-state index contributed by atoms with van der Waals surface area (Å²) in [6.07, 6.45) is 6.08. The summed E-state index contributed by atoms with van der Waals surface area (Å²) in [5, 5.41) is 6.51. The third kappa shape index (κ3) is 4.94. The second-order valence-electron chi connectivity index (χ2n) is 8.83. The minimum absolute atomic E-state index is 0. The Balaban J connectivity index is 0.00000289. The Hall–Kier alpha value is -2.10. The van der Waals surface area contributed by atoms with Gasteiger partial charge >= 0.3 is 0 Å². The van der Waals surface area contributed by atoms with Crippen LogP contribution in [-0.4, -0.2) is 62.9 Å². The zero-order valence-electron chi connectivity index (χ0n) is 19.1. The molecule has 0 spiro atoms. The molecule has 32 heavy (non-hydrogen) atoms. The van der Waals surface area contributed by atoms with Crippen LogP contribution in [0, 0.1) is 23.7 Å². The van der Waals surface area contributed by atoms with Crippen LogP contribution in [-0.2, 0) is 16.0 Å². The van der Waals surface area contributed by atoms with E-state index in [-0.39, 0.29) is 59.5 Å². The second-order valence-corrected chi connectivity index (χ2v) is 8.83. The van der Waals surface area contributed by atoms with Gasteiger partial charge in [-0.25, -0.2) is 0 Å². The molecule has 2 bridgehead atoms. The highest BCUT2D eigenvalue weighted by Gasteiger charge is 2.58. The fourth-order valence-electron chi connectivity index (χ4n) is 5.07. The Kier molecular flexibility index (Phi) is 8.19. The second kappa shape index (κ2) is 10.7. The first-order valence-electron chi connectivity index (χ1n) is 11.3. The van der Waals surface area contributed by atoms with Gasteiger partial charge in [-0.3, -0.25) is 19.5 Å². The lowest BCUT2D eigenvalue weighted by Gasteiger charge is -2.18. The molecular formula is C24H34IN5O2. The van der Waals surface area contributed by atoms with E-state index < -0.39 is 0 Å². The van der Waals surface area contributed by atoms with Gasteiger partial charge in [-0.2, -0.15) is 0 Å². The number of likely N-dealkylation sites (tertiary alicyclic amines) is 1. The van der Waals surface area contributed by atoms with Gasteiger partial charge in [0.05, 0.1) is 11.8 Å². The van der Waals surface area contributed by atoms with Gasteiger partial charge in [0.15, 0.2) is 5.96 Å². The van der Waals surface area contributed by atoms with Crippen LogP contribution >= 0.6 is 24.0 Å². The average Bonchev–Trinajstić information content (AvgIpc) is 3.44. The lowest BCUT2D eigenvalue weighted by Crippen LogP contribution is -2.43. The summed E-state index contributed by atoms with van der Waals surface area (Å²) in [6, 6.07) is 8.50. The monoisotopic (exact) mass is 551 g/mol. The molecule has 0 radical (unpaired) electrons. The normalized spacial score (nSPS) is 25.7. The van der Waals surface area contributed by atoms with Crippen molar-refractivity contribution in [1.29, 1.82) is 0 Å². The standard InChI is InChI=1S/C24H33N5O2.HI/c1-4-25-24(26-12-11-16-5-9-19(10-6-16)28(2)3)27-13-14-29-22(30)20-17-7-8-18(15-17)21(20)23(29)31;/h5-10,17-18,20-21H,4,11-15H2,1-3H3,(H2,25,26,27);1H. The highest BCUT2D eigenvalue weighted by atomic mass is 127. The van der Waals surface area contributed by atoms with E-state index in [1.54, 1.807) is 0 Å². The number of allylic oxidation sites excluding steroid dienone is 2. The van der Waals surface area contributed by atoms with E-state index in [0.717, 1.165) is 19.4 Å². The highest BCUT2D eigenvalue weighted by molar-refractivity contribution is 14.0. The van der Waals surface area contributed by atoms with Crippen molar-refractivity contribution in [3.63, 3.8) is 0 Å². The zero-order valence-corrected chi connectivity index (χ0v) is 21.4. The van der Waals surface area contributed by atoms with Crippen LogP contribution in [0.5, 0.6) is 0 Å². The molecule has 3 aliphatic rings. The van der Waals surface area contributed by atoms with Gasteiger partial charge in [0.2, 0.25) is 11.8 Å². The van der Waals surface area contributed by atoms with Gasteiger partial charge in [0, 0.05) is 46.0 Å². The van der Waals surface area contributed by atoms with Gasteiger partial charge in [-0.15, -0.1) is 24.0 Å². The molecule has 4 unspecified atom stereocenters. The Morgan fingerprint density at radius 1 is 1.06 bits per heavy atom. The number of hydrogen-bond donors (Lipinski definition) is 2. The molecule has 1 saturated heterocycles. The number of anilines is 1. The number of imide groups is 1. The molecule has 2 N–H and O–H groups in total. The largest absolute Gasteiger partial charge is 0.378 e. The van der Waals surface area contributed by atoms with Gasteiger partial charge in [0.1, 0.15) is 0 Å². The number of amides is 2. The average molecular weight is 551 g/mol. The molecule has 7 nitrogen and oxygen atoms in total. The molecule has 1 heterocycles. The third-order valence-electron chi connectivity index (χ3n) is 6.66. The summed E-state index contributed by atoms with van der Waals surface area (Å²) >= 11 is 0. The topological polar surface area (TPSA) is 77.0 Å². The number of nitrogens with zero attached hydrogens (tertiary/aromatic N) is 3. The van der Waals surface area contributed by atoms with E-state index in [1.807, 2.05) is 21.0 Å². The van der Waals surface area contributed by atoms with Crippen molar-refractivity contribution in [2.45, 2.75) is 19.8 Å². The molecule has 2 amide bonds. The van der Waals surface area contributed by atoms with Crippen LogP contribution in [0.4, 0.5) is 5.69 Å². The molecule has 4 rings (SSSR count). The van der Waals surface area contributed by atoms with E-state index in [0.29, 0.717) is 25.6 Å². The lowest BCUT2D eigenvalue weighted by molar-refractivity contribution is -0.140. The number of guanidine groups is 1. The van der Waals surface area contributed by atoms with Crippen molar-refractivity contribution in [3.05, 3.63) is 42.0 Å². The van der Waals surface area contributed by atoms with Gasteiger partial charge in [-0.1, -0.05) is 24.3 Å². The number of rotatable bonds is 8. The maximum Gasteiger partial charge on any atom is 0.233 e. The number of nitrogens with one attached hydrogen (secondary N) is 2. The first-order chi connectivity index (χ1) is 15.0. The smallest absolute Gasteiger partial charge is 0.233 e. The molecule has 174 valence electrons. The summed E-state index contributed by atoms with van der Waals surface area (Å²) in [6.45, 7) is 4.33. The molecule has 1 aromatic carbocycles. The predicted octanol–water partition coefficient (Wildman–Crippen LogP) is 2.28. The fourth-order valence-corrected chi connectivity index (χ4v) is 5.07. The Bertz CT molecular complexity index is 853. The molecule has 1 aromatic rings. The van der Waals surface area contributed by atoms with E-state index in [1.165, 1.54) is 16.2 Å². The maximum atomic E-state index is 12.8. The SMILES string of the molecule is CCNC(=NCCc1ccc(N(C)C)cc1)NCCN1C(=O)C2C3C=CC(C3)C2C1=O.I. The van der Waals surface area contributed by atoms with E-state index >= 15 is 0 Å². The Labute approximate surface area is 207 Å². The number of hydrogen-bond acceptors (Lipinski definition) is 4. The van der Waals surface area contributed by atoms with Crippen molar-refractivity contribution in [2.75, 3.05) is 45.2 Å². The summed E-state index contributed by atoms with van der Waals surface area (Å²) in [5.41, 5.74) is 2.43. The van der Waals surface area contributed by atoms with E-state index in [9.17, 15) is 9.59 Å². The van der Waals surface area contributed by atoms with Crippen molar-refractivity contribution in [2.24, 2.45) is 28.7 Å². The van der Waals surface area contributed by atoms with Crippen molar-refractivity contribution < 1.29 is 9.59 Å². The summed E-state index contributed by atoms with van der Waals surface area (Å²) < 4.78 is 0. The molecule has 0 aromatic heterocycles. The summed E-state index contributed by atoms with van der Waals surface area (Å²) in [5.74, 6) is 1.01. The molecule has 1 saturated carbocycles.